The van der Waals surface area contributed by atoms with E-state index in [0.29, 0.717) is 23.4 Å². The molecule has 2 aromatic carbocycles. The monoisotopic (exact) mass is 474 g/mol. The molecule has 4 rings (SSSR count). The standard InChI is InChI=1S/C21H17F3N6O2S/c1-2-30-18(19-26-17(29-32-19)13-8-4-3-5-9-13)27-28-20(30)33-12-16(31)25-15-11-7-6-10-14(15)21(22,23)24/h3-11H,2,12H2,1H3,(H,25,31). The number of hydrogen-bond donors (Lipinski definition) is 1. The zero-order valence-electron chi connectivity index (χ0n) is 17.2. The molecule has 0 saturated carbocycles. The minimum atomic E-state index is -4.57. The summed E-state index contributed by atoms with van der Waals surface area (Å²) in [7, 11) is 0. The van der Waals surface area contributed by atoms with Crippen LogP contribution >= 0.6 is 11.8 Å². The fourth-order valence-electron chi connectivity index (χ4n) is 3.01. The van der Waals surface area contributed by atoms with E-state index in [9.17, 15) is 18.0 Å². The van der Waals surface area contributed by atoms with Crippen LogP contribution in [0.3, 0.4) is 0 Å². The number of nitrogens with zero attached hydrogens (tertiary/aromatic N) is 5. The van der Waals surface area contributed by atoms with E-state index in [1.165, 1.54) is 18.2 Å². The molecule has 2 aromatic heterocycles. The third-order valence-electron chi connectivity index (χ3n) is 4.52. The highest BCUT2D eigenvalue weighted by Crippen LogP contribution is 2.34. The van der Waals surface area contributed by atoms with E-state index < -0.39 is 17.6 Å². The number of anilines is 1. The van der Waals surface area contributed by atoms with Crippen molar-refractivity contribution in [1.82, 2.24) is 24.9 Å². The first kappa shape index (κ1) is 22.5. The number of para-hydroxylation sites is 1. The highest BCUT2D eigenvalue weighted by atomic mass is 32.2. The zero-order chi connectivity index (χ0) is 23.4. The van der Waals surface area contributed by atoms with Crippen molar-refractivity contribution in [2.45, 2.75) is 24.8 Å². The van der Waals surface area contributed by atoms with Gasteiger partial charge in [-0.1, -0.05) is 59.4 Å². The minimum Gasteiger partial charge on any atom is -0.330 e. The Kier molecular flexibility index (Phi) is 6.45. The summed E-state index contributed by atoms with van der Waals surface area (Å²) < 4.78 is 46.4. The smallest absolute Gasteiger partial charge is 0.330 e. The Morgan fingerprint density at radius 2 is 1.82 bits per heavy atom. The molecule has 0 bridgehead atoms. The maximum absolute atomic E-state index is 13.1. The molecule has 170 valence electrons. The number of carbonyl (C=O) groups excluding carboxylic acids is 1. The van der Waals surface area contributed by atoms with Crippen molar-refractivity contribution in [2.24, 2.45) is 0 Å². The Morgan fingerprint density at radius 1 is 1.09 bits per heavy atom. The zero-order valence-corrected chi connectivity index (χ0v) is 18.0. The molecule has 12 heteroatoms. The van der Waals surface area contributed by atoms with Crippen LogP contribution in [-0.4, -0.2) is 36.6 Å². The topological polar surface area (TPSA) is 98.7 Å². The van der Waals surface area contributed by atoms with Crippen LogP contribution < -0.4 is 5.32 Å². The normalized spacial score (nSPS) is 11.5. The van der Waals surface area contributed by atoms with Crippen molar-refractivity contribution in [3.8, 4) is 23.1 Å². The molecule has 4 aromatic rings. The molecular weight excluding hydrogens is 457 g/mol. The van der Waals surface area contributed by atoms with E-state index in [-0.39, 0.29) is 17.3 Å². The quantitative estimate of drug-likeness (QED) is 0.386. The number of benzene rings is 2. The van der Waals surface area contributed by atoms with Crippen LogP contribution in [0.5, 0.6) is 0 Å². The summed E-state index contributed by atoms with van der Waals surface area (Å²) in [6, 6.07) is 14.1. The molecular formula is C21H17F3N6O2S. The van der Waals surface area contributed by atoms with E-state index in [1.54, 1.807) is 4.57 Å². The number of halogens is 3. The van der Waals surface area contributed by atoms with Crippen molar-refractivity contribution >= 4 is 23.4 Å². The third kappa shape index (κ3) is 5.06. The van der Waals surface area contributed by atoms with Gasteiger partial charge in [-0.3, -0.25) is 9.36 Å². The van der Waals surface area contributed by atoms with Crippen LogP contribution in [-0.2, 0) is 17.5 Å². The summed E-state index contributed by atoms with van der Waals surface area (Å²) in [6.45, 7) is 2.30. The van der Waals surface area contributed by atoms with Crippen molar-refractivity contribution in [1.29, 1.82) is 0 Å². The number of hydrogen-bond acceptors (Lipinski definition) is 7. The molecule has 0 atom stereocenters. The van der Waals surface area contributed by atoms with Gasteiger partial charge in [0.1, 0.15) is 0 Å². The molecule has 0 aliphatic heterocycles. The fourth-order valence-corrected chi connectivity index (χ4v) is 3.82. The van der Waals surface area contributed by atoms with E-state index in [4.69, 9.17) is 4.52 Å². The van der Waals surface area contributed by atoms with Gasteiger partial charge in [-0.2, -0.15) is 18.2 Å². The third-order valence-corrected chi connectivity index (χ3v) is 5.49. The Labute approximate surface area is 190 Å². The van der Waals surface area contributed by atoms with Gasteiger partial charge in [0.25, 0.3) is 5.89 Å². The molecule has 0 aliphatic carbocycles. The molecule has 0 saturated heterocycles. The number of rotatable bonds is 7. The largest absolute Gasteiger partial charge is 0.418 e. The summed E-state index contributed by atoms with van der Waals surface area (Å²) >= 11 is 1.04. The summed E-state index contributed by atoms with van der Waals surface area (Å²) in [6.07, 6.45) is -4.57. The number of carbonyl (C=O) groups is 1. The van der Waals surface area contributed by atoms with Gasteiger partial charge < -0.3 is 9.84 Å². The molecule has 0 unspecified atom stereocenters. The lowest BCUT2D eigenvalue weighted by atomic mass is 10.1. The van der Waals surface area contributed by atoms with Gasteiger partial charge in [0.15, 0.2) is 5.16 Å². The Balaban J connectivity index is 1.47. The van der Waals surface area contributed by atoms with E-state index in [0.717, 1.165) is 23.4 Å². The van der Waals surface area contributed by atoms with Crippen LogP contribution in [0.25, 0.3) is 23.1 Å². The predicted molar refractivity (Wildman–Crippen MR) is 115 cm³/mol. The molecule has 1 N–H and O–H groups in total. The number of nitrogens with one attached hydrogen (secondary N) is 1. The van der Waals surface area contributed by atoms with Gasteiger partial charge in [-0.05, 0) is 19.1 Å². The second kappa shape index (κ2) is 9.45. The lowest BCUT2D eigenvalue weighted by molar-refractivity contribution is -0.137. The Morgan fingerprint density at radius 3 is 2.55 bits per heavy atom. The molecule has 0 radical (unpaired) electrons. The second-order valence-electron chi connectivity index (χ2n) is 6.72. The van der Waals surface area contributed by atoms with Crippen LogP contribution in [0.2, 0.25) is 0 Å². The van der Waals surface area contributed by atoms with Crippen molar-refractivity contribution in [3.63, 3.8) is 0 Å². The van der Waals surface area contributed by atoms with Crippen LogP contribution in [0, 0.1) is 0 Å². The molecule has 33 heavy (non-hydrogen) atoms. The van der Waals surface area contributed by atoms with Gasteiger partial charge >= 0.3 is 6.18 Å². The number of aromatic nitrogens is 5. The highest BCUT2D eigenvalue weighted by molar-refractivity contribution is 7.99. The van der Waals surface area contributed by atoms with E-state index in [1.807, 2.05) is 37.3 Å². The number of alkyl halides is 3. The average Bonchev–Trinajstić information content (AvgIpc) is 3.45. The first-order valence-electron chi connectivity index (χ1n) is 9.78. The molecule has 2 heterocycles. The second-order valence-corrected chi connectivity index (χ2v) is 7.66. The minimum absolute atomic E-state index is 0.163. The lowest BCUT2D eigenvalue weighted by Crippen LogP contribution is -2.18. The fraction of sp³-hybridized carbons (Fsp3) is 0.190. The lowest BCUT2D eigenvalue weighted by Gasteiger charge is -2.13. The number of thioether (sulfide) groups is 1. The maximum atomic E-state index is 13.1. The van der Waals surface area contributed by atoms with Crippen molar-refractivity contribution in [3.05, 3.63) is 60.2 Å². The van der Waals surface area contributed by atoms with Crippen molar-refractivity contribution in [2.75, 3.05) is 11.1 Å². The predicted octanol–water partition coefficient (Wildman–Crippen LogP) is 4.76. The van der Waals surface area contributed by atoms with Crippen LogP contribution in [0.1, 0.15) is 12.5 Å². The summed E-state index contributed by atoms with van der Waals surface area (Å²) in [4.78, 5) is 16.7. The highest BCUT2D eigenvalue weighted by Gasteiger charge is 2.33. The van der Waals surface area contributed by atoms with Crippen LogP contribution in [0.15, 0.2) is 64.3 Å². The Hall–Kier alpha value is -3.67. The molecule has 0 aliphatic rings. The molecule has 0 spiro atoms. The first-order chi connectivity index (χ1) is 15.9. The SMILES string of the molecule is CCn1c(SCC(=O)Nc2ccccc2C(F)(F)F)nnc1-c1nc(-c2ccccc2)no1. The molecule has 8 nitrogen and oxygen atoms in total. The van der Waals surface area contributed by atoms with E-state index in [2.05, 4.69) is 25.7 Å². The average molecular weight is 474 g/mol. The van der Waals surface area contributed by atoms with Gasteiger partial charge in [-0.15, -0.1) is 10.2 Å². The first-order valence-corrected chi connectivity index (χ1v) is 10.8. The van der Waals surface area contributed by atoms with Gasteiger partial charge in [-0.25, -0.2) is 0 Å². The summed E-state index contributed by atoms with van der Waals surface area (Å²) in [5.74, 6) is 0.126. The van der Waals surface area contributed by atoms with Crippen molar-refractivity contribution < 1.29 is 22.5 Å². The van der Waals surface area contributed by atoms with E-state index >= 15 is 0 Å². The summed E-state index contributed by atoms with van der Waals surface area (Å²) in [5, 5.41) is 14.8. The van der Waals surface area contributed by atoms with Crippen LogP contribution in [0.4, 0.5) is 18.9 Å². The van der Waals surface area contributed by atoms with Gasteiger partial charge in [0.05, 0.1) is 17.0 Å². The van der Waals surface area contributed by atoms with Gasteiger partial charge in [0, 0.05) is 12.1 Å². The molecule has 1 amide bonds. The summed E-state index contributed by atoms with van der Waals surface area (Å²) in [5.41, 5.74) is -0.430. The Bertz CT molecular complexity index is 1260. The maximum Gasteiger partial charge on any atom is 0.418 e. The molecule has 0 fully saturated rings. The number of amides is 1. The van der Waals surface area contributed by atoms with Gasteiger partial charge in [0.2, 0.25) is 17.6 Å².